The molecule has 0 aromatic heterocycles. The van der Waals surface area contributed by atoms with Crippen molar-refractivity contribution in [3.05, 3.63) is 64.7 Å². The van der Waals surface area contributed by atoms with Gasteiger partial charge in [-0.2, -0.15) is 18.4 Å². The molecule has 2 aromatic rings. The number of anilines is 1. The predicted molar refractivity (Wildman–Crippen MR) is 129 cm³/mol. The van der Waals surface area contributed by atoms with Crippen LogP contribution in [0.15, 0.2) is 42.5 Å². The van der Waals surface area contributed by atoms with Crippen molar-refractivity contribution in [2.24, 2.45) is 11.3 Å². The quantitative estimate of drug-likeness (QED) is 0.694. The number of halogens is 3. The maximum Gasteiger partial charge on any atom is 0.417 e. The molecule has 1 atom stereocenters. The van der Waals surface area contributed by atoms with Gasteiger partial charge in [-0.3, -0.25) is 9.59 Å². The van der Waals surface area contributed by atoms with E-state index in [4.69, 9.17) is 5.26 Å². The highest BCUT2D eigenvalue weighted by atomic mass is 19.4. The Hall–Kier alpha value is -3.54. The van der Waals surface area contributed by atoms with Gasteiger partial charge in [0.25, 0.3) is 0 Å². The number of alkyl halides is 3. The fraction of sp³-hybridized carbons (Fsp3) is 0.444. The van der Waals surface area contributed by atoms with Gasteiger partial charge in [0.05, 0.1) is 29.5 Å². The van der Waals surface area contributed by atoms with Gasteiger partial charge >= 0.3 is 6.18 Å². The van der Waals surface area contributed by atoms with E-state index in [9.17, 15) is 22.8 Å². The minimum atomic E-state index is -4.65. The number of nitriles is 1. The summed E-state index contributed by atoms with van der Waals surface area (Å²) in [5, 5.41) is 11.8. The van der Waals surface area contributed by atoms with Gasteiger partial charge in [-0.1, -0.05) is 29.8 Å². The van der Waals surface area contributed by atoms with Crippen molar-refractivity contribution in [3.63, 3.8) is 0 Å². The lowest BCUT2D eigenvalue weighted by atomic mass is 9.70. The van der Waals surface area contributed by atoms with Crippen LogP contribution in [0.4, 0.5) is 18.9 Å². The first-order chi connectivity index (χ1) is 17.1. The van der Waals surface area contributed by atoms with Gasteiger partial charge in [0.15, 0.2) is 0 Å². The van der Waals surface area contributed by atoms with Crippen molar-refractivity contribution in [2.75, 3.05) is 38.1 Å². The molecule has 1 N–H and O–H groups in total. The first-order valence-electron chi connectivity index (χ1n) is 12.0. The van der Waals surface area contributed by atoms with E-state index in [-0.39, 0.29) is 18.4 Å². The summed E-state index contributed by atoms with van der Waals surface area (Å²) in [7, 11) is 1.56. The Kier molecular flexibility index (Phi) is 6.98. The molecule has 2 heterocycles. The Morgan fingerprint density at radius 1 is 1.17 bits per heavy atom. The summed E-state index contributed by atoms with van der Waals surface area (Å²) in [6.07, 6.45) is -3.17. The van der Waals surface area contributed by atoms with Crippen LogP contribution in [0, 0.1) is 29.6 Å². The second kappa shape index (κ2) is 9.84. The van der Waals surface area contributed by atoms with E-state index in [1.54, 1.807) is 18.0 Å². The lowest BCUT2D eigenvalue weighted by Gasteiger charge is -2.42. The number of piperidine rings is 1. The lowest BCUT2D eigenvalue weighted by Crippen LogP contribution is -2.49. The van der Waals surface area contributed by atoms with E-state index >= 15 is 0 Å². The van der Waals surface area contributed by atoms with Crippen molar-refractivity contribution in [2.45, 2.75) is 32.4 Å². The smallest absolute Gasteiger partial charge is 0.370 e. The molecule has 2 amide bonds. The molecule has 2 aliphatic rings. The van der Waals surface area contributed by atoms with Crippen LogP contribution in [0.3, 0.4) is 0 Å². The topological polar surface area (TPSA) is 76.4 Å². The molecule has 6 nitrogen and oxygen atoms in total. The molecule has 4 rings (SSSR count). The van der Waals surface area contributed by atoms with E-state index in [2.05, 4.69) is 5.32 Å². The average molecular weight is 499 g/mol. The summed E-state index contributed by atoms with van der Waals surface area (Å²) in [5.41, 5.74) is 0.530. The van der Waals surface area contributed by atoms with Crippen LogP contribution in [-0.2, 0) is 22.2 Å². The van der Waals surface area contributed by atoms with Crippen molar-refractivity contribution < 1.29 is 22.8 Å². The Labute approximate surface area is 208 Å². The van der Waals surface area contributed by atoms with Crippen LogP contribution in [0.5, 0.6) is 0 Å². The summed E-state index contributed by atoms with van der Waals surface area (Å²) in [6, 6.07) is 13.1. The van der Waals surface area contributed by atoms with Gasteiger partial charge in [-0.25, -0.2) is 0 Å². The Bertz CT molecular complexity index is 1200. The van der Waals surface area contributed by atoms with Gasteiger partial charge in [0, 0.05) is 44.3 Å². The van der Waals surface area contributed by atoms with Gasteiger partial charge in [0.1, 0.15) is 0 Å². The van der Waals surface area contributed by atoms with E-state index < -0.39 is 28.6 Å². The molecule has 1 unspecified atom stereocenters. The largest absolute Gasteiger partial charge is 0.417 e. The molecule has 36 heavy (non-hydrogen) atoms. The zero-order valence-electron chi connectivity index (χ0n) is 20.4. The number of amides is 2. The maximum atomic E-state index is 13.5. The Balaban J connectivity index is 1.52. The number of carbonyl (C=O) groups is 2. The zero-order chi connectivity index (χ0) is 26.1. The molecule has 0 saturated carbocycles. The van der Waals surface area contributed by atoms with E-state index in [0.29, 0.717) is 44.6 Å². The van der Waals surface area contributed by atoms with Crippen LogP contribution < -0.4 is 10.2 Å². The molecule has 1 spiro atoms. The van der Waals surface area contributed by atoms with Crippen LogP contribution in [-0.4, -0.2) is 49.9 Å². The summed E-state index contributed by atoms with van der Waals surface area (Å²) in [5.74, 6) is -0.535. The summed E-state index contributed by atoms with van der Waals surface area (Å²) >= 11 is 0. The fourth-order valence-corrected chi connectivity index (χ4v) is 5.58. The second-order valence-electron chi connectivity index (χ2n) is 9.80. The fourth-order valence-electron chi connectivity index (χ4n) is 5.58. The van der Waals surface area contributed by atoms with Crippen LogP contribution >= 0.6 is 0 Å². The zero-order valence-corrected chi connectivity index (χ0v) is 20.4. The first kappa shape index (κ1) is 25.5. The standard InChI is InChI=1S/C27H29F3N4O2/c1-18-4-3-5-19(12-18)13-24(35)33-10-8-26(9-11-33)17-34(16-23(26)25(36)32-2)21-7-6-20(15-31)22(14-21)27(28,29)30/h3-7,12,14,23H,8-11,13,16-17H2,1-2H3,(H,32,36). The third kappa shape index (κ3) is 5.03. The Morgan fingerprint density at radius 3 is 2.50 bits per heavy atom. The van der Waals surface area contributed by atoms with Gasteiger partial charge in [0.2, 0.25) is 11.8 Å². The molecule has 2 fully saturated rings. The third-order valence-corrected chi connectivity index (χ3v) is 7.55. The SMILES string of the molecule is CNC(=O)C1CN(c2ccc(C#N)c(C(F)(F)F)c2)CC12CCN(C(=O)Cc1cccc(C)c1)CC2. The summed E-state index contributed by atoms with van der Waals surface area (Å²) < 4.78 is 40.6. The van der Waals surface area contributed by atoms with Crippen molar-refractivity contribution in [1.29, 1.82) is 5.26 Å². The molecule has 0 radical (unpaired) electrons. The minimum absolute atomic E-state index is 0.0312. The lowest BCUT2D eigenvalue weighted by molar-refractivity contribution is -0.138. The number of hydrogen-bond donors (Lipinski definition) is 1. The predicted octanol–water partition coefficient (Wildman–Crippen LogP) is 3.92. The van der Waals surface area contributed by atoms with Crippen LogP contribution in [0.2, 0.25) is 0 Å². The molecule has 2 aromatic carbocycles. The van der Waals surface area contributed by atoms with Crippen molar-refractivity contribution in [1.82, 2.24) is 10.2 Å². The van der Waals surface area contributed by atoms with E-state index in [0.717, 1.165) is 17.2 Å². The number of nitrogens with zero attached hydrogens (tertiary/aromatic N) is 3. The number of nitrogens with one attached hydrogen (secondary N) is 1. The number of rotatable bonds is 4. The summed E-state index contributed by atoms with van der Waals surface area (Å²) in [6.45, 7) is 3.66. The van der Waals surface area contributed by atoms with Crippen LogP contribution in [0.1, 0.15) is 35.1 Å². The van der Waals surface area contributed by atoms with Gasteiger partial charge in [-0.15, -0.1) is 0 Å². The summed E-state index contributed by atoms with van der Waals surface area (Å²) in [4.78, 5) is 29.4. The van der Waals surface area contributed by atoms with Gasteiger partial charge in [-0.05, 0) is 43.5 Å². The highest BCUT2D eigenvalue weighted by Crippen LogP contribution is 2.47. The normalized spacial score (nSPS) is 19.3. The van der Waals surface area contributed by atoms with Gasteiger partial charge < -0.3 is 15.1 Å². The second-order valence-corrected chi connectivity index (χ2v) is 9.80. The number of likely N-dealkylation sites (tertiary alicyclic amines) is 1. The average Bonchev–Trinajstić information content (AvgIpc) is 3.21. The van der Waals surface area contributed by atoms with Crippen LogP contribution in [0.25, 0.3) is 0 Å². The number of hydrogen-bond acceptors (Lipinski definition) is 4. The maximum absolute atomic E-state index is 13.5. The van der Waals surface area contributed by atoms with Crippen molar-refractivity contribution in [3.8, 4) is 6.07 Å². The Morgan fingerprint density at radius 2 is 1.89 bits per heavy atom. The third-order valence-electron chi connectivity index (χ3n) is 7.55. The molecule has 190 valence electrons. The molecular weight excluding hydrogens is 469 g/mol. The molecule has 2 saturated heterocycles. The minimum Gasteiger partial charge on any atom is -0.370 e. The van der Waals surface area contributed by atoms with E-state index in [1.807, 2.05) is 36.1 Å². The molecule has 9 heteroatoms. The molecule has 0 aliphatic carbocycles. The monoisotopic (exact) mass is 498 g/mol. The number of benzene rings is 2. The molecule has 0 bridgehead atoms. The number of aryl methyl sites for hydroxylation is 1. The molecular formula is C27H29F3N4O2. The molecule has 2 aliphatic heterocycles. The first-order valence-corrected chi connectivity index (χ1v) is 12.0. The van der Waals surface area contributed by atoms with E-state index in [1.165, 1.54) is 12.1 Å². The highest BCUT2D eigenvalue weighted by molar-refractivity contribution is 5.82. The number of carbonyl (C=O) groups excluding carboxylic acids is 2. The van der Waals surface area contributed by atoms with Crippen molar-refractivity contribution >= 4 is 17.5 Å². The highest BCUT2D eigenvalue weighted by Gasteiger charge is 2.51.